The minimum atomic E-state index is 0.336. The van der Waals surface area contributed by atoms with Gasteiger partial charge in [-0.1, -0.05) is 13.8 Å². The lowest BCUT2D eigenvalue weighted by Gasteiger charge is -2.39. The molecule has 106 valence electrons. The van der Waals surface area contributed by atoms with Gasteiger partial charge in [0.2, 0.25) is 0 Å². The molecule has 3 heteroatoms. The van der Waals surface area contributed by atoms with Crippen LogP contribution in [0.15, 0.2) is 0 Å². The van der Waals surface area contributed by atoms with Crippen molar-refractivity contribution in [1.82, 2.24) is 5.43 Å². The molecule has 4 atom stereocenters. The molecule has 2 saturated carbocycles. The molecule has 0 radical (unpaired) electrons. The van der Waals surface area contributed by atoms with E-state index in [-0.39, 0.29) is 0 Å². The van der Waals surface area contributed by atoms with E-state index in [1.807, 2.05) is 0 Å². The van der Waals surface area contributed by atoms with E-state index < -0.39 is 0 Å². The summed E-state index contributed by atoms with van der Waals surface area (Å²) in [7, 11) is 0. The molecule has 0 aromatic rings. The van der Waals surface area contributed by atoms with E-state index in [0.29, 0.717) is 18.1 Å². The minimum Gasteiger partial charge on any atom is -0.377 e. The Morgan fingerprint density at radius 1 is 1.11 bits per heavy atom. The number of rotatable bonds is 6. The summed E-state index contributed by atoms with van der Waals surface area (Å²) in [6.45, 7) is 7.65. The SMILES string of the molecule is CCOC(C1CC1)C(NN)C1CC(C)CC(C)C1. The fourth-order valence-electron chi connectivity index (χ4n) is 3.95. The Bertz CT molecular complexity index is 245. The molecule has 0 heterocycles. The Labute approximate surface area is 112 Å². The molecule has 2 aliphatic carbocycles. The smallest absolute Gasteiger partial charge is 0.0772 e. The molecular formula is C15H30N2O. The normalized spacial score (nSPS) is 36.3. The first-order valence-electron chi connectivity index (χ1n) is 7.73. The lowest BCUT2D eigenvalue weighted by molar-refractivity contribution is -0.00951. The van der Waals surface area contributed by atoms with Gasteiger partial charge in [0.05, 0.1) is 12.1 Å². The largest absolute Gasteiger partial charge is 0.377 e. The second kappa shape index (κ2) is 6.36. The van der Waals surface area contributed by atoms with Crippen molar-refractivity contribution in [3.63, 3.8) is 0 Å². The van der Waals surface area contributed by atoms with Crippen molar-refractivity contribution in [2.45, 2.75) is 65.0 Å². The van der Waals surface area contributed by atoms with Crippen molar-refractivity contribution >= 4 is 0 Å². The Morgan fingerprint density at radius 2 is 1.72 bits per heavy atom. The predicted molar refractivity (Wildman–Crippen MR) is 74.9 cm³/mol. The fraction of sp³-hybridized carbons (Fsp3) is 1.00. The zero-order valence-electron chi connectivity index (χ0n) is 12.2. The summed E-state index contributed by atoms with van der Waals surface area (Å²) < 4.78 is 6.00. The molecule has 0 spiro atoms. The molecule has 4 unspecified atom stereocenters. The van der Waals surface area contributed by atoms with Crippen LogP contribution >= 0.6 is 0 Å². The number of hydrazine groups is 1. The average Bonchev–Trinajstić information content (AvgIpc) is 3.11. The van der Waals surface area contributed by atoms with Crippen molar-refractivity contribution in [3.8, 4) is 0 Å². The highest BCUT2D eigenvalue weighted by atomic mass is 16.5. The van der Waals surface area contributed by atoms with Gasteiger partial charge in [-0.05, 0) is 62.7 Å². The van der Waals surface area contributed by atoms with Gasteiger partial charge in [-0.25, -0.2) is 0 Å². The van der Waals surface area contributed by atoms with Gasteiger partial charge >= 0.3 is 0 Å². The van der Waals surface area contributed by atoms with Gasteiger partial charge in [0.1, 0.15) is 0 Å². The highest BCUT2D eigenvalue weighted by Gasteiger charge is 2.41. The molecule has 0 amide bonds. The summed E-state index contributed by atoms with van der Waals surface area (Å²) in [5.41, 5.74) is 3.09. The molecule has 0 aromatic heterocycles. The van der Waals surface area contributed by atoms with Gasteiger partial charge in [-0.3, -0.25) is 11.3 Å². The fourth-order valence-corrected chi connectivity index (χ4v) is 3.95. The van der Waals surface area contributed by atoms with Gasteiger partial charge in [0, 0.05) is 6.61 Å². The van der Waals surface area contributed by atoms with Crippen LogP contribution in [0.2, 0.25) is 0 Å². The summed E-state index contributed by atoms with van der Waals surface area (Å²) in [5.74, 6) is 8.96. The Morgan fingerprint density at radius 3 is 2.17 bits per heavy atom. The Balaban J connectivity index is 2.00. The maximum Gasteiger partial charge on any atom is 0.0772 e. The van der Waals surface area contributed by atoms with Crippen LogP contribution in [0.5, 0.6) is 0 Å². The molecule has 18 heavy (non-hydrogen) atoms. The maximum absolute atomic E-state index is 6.00. The van der Waals surface area contributed by atoms with Crippen LogP contribution in [0.4, 0.5) is 0 Å². The second-order valence-electron chi connectivity index (χ2n) is 6.63. The number of nitrogens with two attached hydrogens (primary N) is 1. The van der Waals surface area contributed by atoms with E-state index in [1.54, 1.807) is 0 Å². The molecule has 2 rings (SSSR count). The Kier molecular flexibility index (Phi) is 5.05. The lowest BCUT2D eigenvalue weighted by atomic mass is 9.72. The van der Waals surface area contributed by atoms with Crippen LogP contribution < -0.4 is 11.3 Å². The highest BCUT2D eigenvalue weighted by molar-refractivity contribution is 4.94. The first kappa shape index (κ1) is 14.3. The van der Waals surface area contributed by atoms with Crippen molar-refractivity contribution < 1.29 is 4.74 Å². The maximum atomic E-state index is 6.00. The van der Waals surface area contributed by atoms with Crippen LogP contribution in [0.1, 0.15) is 52.9 Å². The van der Waals surface area contributed by atoms with Crippen LogP contribution in [0, 0.1) is 23.7 Å². The highest BCUT2D eigenvalue weighted by Crippen LogP contribution is 2.41. The van der Waals surface area contributed by atoms with Crippen molar-refractivity contribution in [2.75, 3.05) is 6.61 Å². The van der Waals surface area contributed by atoms with Gasteiger partial charge in [-0.2, -0.15) is 0 Å². The predicted octanol–water partition coefficient (Wildman–Crippen LogP) is 2.71. The van der Waals surface area contributed by atoms with Crippen LogP contribution in [0.3, 0.4) is 0 Å². The molecule has 2 aliphatic rings. The Hall–Kier alpha value is -0.120. The zero-order chi connectivity index (χ0) is 13.1. The molecule has 0 bridgehead atoms. The van der Waals surface area contributed by atoms with E-state index in [0.717, 1.165) is 24.4 Å². The van der Waals surface area contributed by atoms with Gasteiger partial charge < -0.3 is 4.74 Å². The summed E-state index contributed by atoms with van der Waals surface area (Å²) in [4.78, 5) is 0. The van der Waals surface area contributed by atoms with E-state index in [1.165, 1.54) is 32.1 Å². The molecule has 3 N–H and O–H groups in total. The molecule has 0 aliphatic heterocycles. The van der Waals surface area contributed by atoms with Crippen LogP contribution in [-0.2, 0) is 4.74 Å². The van der Waals surface area contributed by atoms with Crippen LogP contribution in [-0.4, -0.2) is 18.8 Å². The molecule has 0 aromatic carbocycles. The number of hydrogen-bond donors (Lipinski definition) is 2. The van der Waals surface area contributed by atoms with Gasteiger partial charge in [0.15, 0.2) is 0 Å². The third-order valence-electron chi connectivity index (χ3n) is 4.71. The summed E-state index contributed by atoms with van der Waals surface area (Å²) >= 11 is 0. The second-order valence-corrected chi connectivity index (χ2v) is 6.63. The molecule has 2 fully saturated rings. The molecular weight excluding hydrogens is 224 g/mol. The third-order valence-corrected chi connectivity index (χ3v) is 4.71. The van der Waals surface area contributed by atoms with Crippen molar-refractivity contribution in [1.29, 1.82) is 0 Å². The van der Waals surface area contributed by atoms with E-state index in [4.69, 9.17) is 10.6 Å². The van der Waals surface area contributed by atoms with E-state index in [2.05, 4.69) is 26.2 Å². The summed E-state index contributed by atoms with van der Waals surface area (Å²) in [5, 5.41) is 0. The van der Waals surface area contributed by atoms with Crippen LogP contribution in [0.25, 0.3) is 0 Å². The topological polar surface area (TPSA) is 47.3 Å². The molecule has 0 saturated heterocycles. The number of hydrogen-bond acceptors (Lipinski definition) is 3. The standard InChI is InChI=1S/C15H30N2O/c1-4-18-15(12-5-6-12)14(17-16)13-8-10(2)7-11(3)9-13/h10-15,17H,4-9,16H2,1-3H3. The first-order valence-corrected chi connectivity index (χ1v) is 7.73. The summed E-state index contributed by atoms with van der Waals surface area (Å²) in [6.07, 6.45) is 6.95. The minimum absolute atomic E-state index is 0.336. The quantitative estimate of drug-likeness (QED) is 0.566. The summed E-state index contributed by atoms with van der Waals surface area (Å²) in [6, 6.07) is 0.350. The number of ether oxygens (including phenoxy) is 1. The van der Waals surface area contributed by atoms with Gasteiger partial charge in [0.25, 0.3) is 0 Å². The zero-order valence-corrected chi connectivity index (χ0v) is 12.2. The van der Waals surface area contributed by atoms with E-state index in [9.17, 15) is 0 Å². The lowest BCUT2D eigenvalue weighted by Crippen LogP contribution is -2.52. The molecule has 3 nitrogen and oxygen atoms in total. The van der Waals surface area contributed by atoms with E-state index >= 15 is 0 Å². The first-order chi connectivity index (χ1) is 8.65. The monoisotopic (exact) mass is 254 g/mol. The van der Waals surface area contributed by atoms with Crippen molar-refractivity contribution in [2.24, 2.45) is 29.5 Å². The third kappa shape index (κ3) is 3.46. The van der Waals surface area contributed by atoms with Gasteiger partial charge in [-0.15, -0.1) is 0 Å². The van der Waals surface area contributed by atoms with Crippen molar-refractivity contribution in [3.05, 3.63) is 0 Å². The average molecular weight is 254 g/mol. The number of nitrogens with one attached hydrogen (secondary N) is 1.